The Morgan fingerprint density at radius 2 is 1.92 bits per heavy atom. The molecule has 6 nitrogen and oxygen atoms in total. The van der Waals surface area contributed by atoms with E-state index in [4.69, 9.17) is 16.7 Å². The summed E-state index contributed by atoms with van der Waals surface area (Å²) in [4.78, 5) is 23.7. The molecule has 1 aromatic carbocycles. The van der Waals surface area contributed by atoms with Crippen molar-refractivity contribution in [3.8, 4) is 0 Å². The van der Waals surface area contributed by atoms with Gasteiger partial charge >= 0.3 is 5.97 Å². The molecular formula is C17H20ClN3O3. The van der Waals surface area contributed by atoms with Gasteiger partial charge in [0, 0.05) is 12.1 Å². The Hall–Kier alpha value is -2.34. The highest BCUT2D eigenvalue weighted by Crippen LogP contribution is 2.21. The molecule has 0 aliphatic heterocycles. The SMILES string of the molecule is CC(C)c1cc(C(=O)N[C@@H](CC(=O)O)c2ccc(Cl)cc2)n(C)n1. The lowest BCUT2D eigenvalue weighted by Crippen LogP contribution is -2.31. The lowest BCUT2D eigenvalue weighted by molar-refractivity contribution is -0.137. The molecule has 2 aromatic rings. The van der Waals surface area contributed by atoms with Crippen molar-refractivity contribution in [2.75, 3.05) is 0 Å². The summed E-state index contributed by atoms with van der Waals surface area (Å²) in [5.74, 6) is -1.16. The van der Waals surface area contributed by atoms with Crippen LogP contribution in [0, 0.1) is 0 Å². The molecule has 2 N–H and O–H groups in total. The number of amides is 1. The average molecular weight is 350 g/mol. The van der Waals surface area contributed by atoms with Crippen LogP contribution in [0.4, 0.5) is 0 Å². The fourth-order valence-electron chi connectivity index (χ4n) is 2.34. The summed E-state index contributed by atoms with van der Waals surface area (Å²) in [5.41, 5.74) is 1.88. The first-order chi connectivity index (χ1) is 11.3. The number of nitrogens with one attached hydrogen (secondary N) is 1. The van der Waals surface area contributed by atoms with E-state index in [1.54, 1.807) is 37.4 Å². The molecule has 0 saturated carbocycles. The van der Waals surface area contributed by atoms with E-state index in [-0.39, 0.29) is 18.2 Å². The molecule has 0 bridgehead atoms. The Balaban J connectivity index is 2.24. The Morgan fingerprint density at radius 3 is 2.42 bits per heavy atom. The highest BCUT2D eigenvalue weighted by molar-refractivity contribution is 6.30. The monoisotopic (exact) mass is 349 g/mol. The average Bonchev–Trinajstić information content (AvgIpc) is 2.89. The number of aromatic nitrogens is 2. The van der Waals surface area contributed by atoms with Crippen LogP contribution in [0.3, 0.4) is 0 Å². The Morgan fingerprint density at radius 1 is 1.29 bits per heavy atom. The first kappa shape index (κ1) is 18.0. The maximum Gasteiger partial charge on any atom is 0.305 e. The van der Waals surface area contributed by atoms with Gasteiger partial charge in [0.15, 0.2) is 0 Å². The summed E-state index contributed by atoms with van der Waals surface area (Å²) in [6.45, 7) is 3.98. The summed E-state index contributed by atoms with van der Waals surface area (Å²) in [7, 11) is 1.69. The summed E-state index contributed by atoms with van der Waals surface area (Å²) >= 11 is 5.86. The van der Waals surface area contributed by atoms with Crippen LogP contribution < -0.4 is 5.32 Å². The van der Waals surface area contributed by atoms with E-state index in [2.05, 4.69) is 10.4 Å². The fraction of sp³-hybridized carbons (Fsp3) is 0.353. The number of carbonyl (C=O) groups excluding carboxylic acids is 1. The van der Waals surface area contributed by atoms with E-state index in [1.165, 1.54) is 4.68 Å². The molecule has 1 heterocycles. The maximum absolute atomic E-state index is 12.5. The van der Waals surface area contributed by atoms with Crippen LogP contribution in [0.15, 0.2) is 30.3 Å². The number of carboxylic acid groups (broad SMARTS) is 1. The maximum atomic E-state index is 12.5. The van der Waals surface area contributed by atoms with Gasteiger partial charge in [-0.1, -0.05) is 37.6 Å². The summed E-state index contributed by atoms with van der Waals surface area (Å²) < 4.78 is 1.50. The van der Waals surface area contributed by atoms with Gasteiger partial charge in [0.1, 0.15) is 5.69 Å². The van der Waals surface area contributed by atoms with Crippen LogP contribution in [-0.2, 0) is 11.8 Å². The van der Waals surface area contributed by atoms with Gasteiger partial charge in [-0.05, 0) is 29.7 Å². The normalized spacial score (nSPS) is 12.2. The number of carbonyl (C=O) groups is 2. The van der Waals surface area contributed by atoms with Gasteiger partial charge in [0.2, 0.25) is 0 Å². The molecule has 1 aromatic heterocycles. The quantitative estimate of drug-likeness (QED) is 0.839. The molecule has 1 amide bonds. The summed E-state index contributed by atoms with van der Waals surface area (Å²) in [6.07, 6.45) is -0.220. The molecule has 24 heavy (non-hydrogen) atoms. The number of halogens is 1. The second-order valence-electron chi connectivity index (χ2n) is 5.91. The molecule has 0 fully saturated rings. The molecule has 1 atom stereocenters. The van der Waals surface area contributed by atoms with E-state index in [1.807, 2.05) is 13.8 Å². The number of hydrogen-bond donors (Lipinski definition) is 2. The van der Waals surface area contributed by atoms with Crippen LogP contribution in [0.25, 0.3) is 0 Å². The largest absolute Gasteiger partial charge is 0.481 e. The predicted molar refractivity (Wildman–Crippen MR) is 91.2 cm³/mol. The second-order valence-corrected chi connectivity index (χ2v) is 6.34. The number of hydrogen-bond acceptors (Lipinski definition) is 3. The van der Waals surface area contributed by atoms with E-state index in [0.29, 0.717) is 16.3 Å². The number of aryl methyl sites for hydroxylation is 1. The Kier molecular flexibility index (Phi) is 5.62. The molecule has 0 radical (unpaired) electrons. The van der Waals surface area contributed by atoms with Crippen LogP contribution in [-0.4, -0.2) is 26.8 Å². The highest BCUT2D eigenvalue weighted by Gasteiger charge is 2.21. The van der Waals surface area contributed by atoms with Crippen molar-refractivity contribution in [3.63, 3.8) is 0 Å². The number of benzene rings is 1. The second kappa shape index (κ2) is 7.49. The first-order valence-corrected chi connectivity index (χ1v) is 7.97. The minimum absolute atomic E-state index is 0.198. The van der Waals surface area contributed by atoms with E-state index < -0.39 is 12.0 Å². The van der Waals surface area contributed by atoms with Crippen LogP contribution >= 0.6 is 11.6 Å². The molecule has 0 aliphatic rings. The van der Waals surface area contributed by atoms with Crippen molar-refractivity contribution in [2.24, 2.45) is 7.05 Å². The van der Waals surface area contributed by atoms with Crippen molar-refractivity contribution in [1.29, 1.82) is 0 Å². The van der Waals surface area contributed by atoms with Gasteiger partial charge in [0.25, 0.3) is 5.91 Å². The van der Waals surface area contributed by atoms with Crippen molar-refractivity contribution < 1.29 is 14.7 Å². The van der Waals surface area contributed by atoms with Gasteiger partial charge in [-0.25, -0.2) is 0 Å². The van der Waals surface area contributed by atoms with Crippen LogP contribution in [0.5, 0.6) is 0 Å². The third-order valence-corrected chi connectivity index (χ3v) is 3.93. The molecule has 0 saturated heterocycles. The lowest BCUT2D eigenvalue weighted by Gasteiger charge is -2.17. The molecule has 128 valence electrons. The van der Waals surface area contributed by atoms with Crippen molar-refractivity contribution in [1.82, 2.24) is 15.1 Å². The molecular weight excluding hydrogens is 330 g/mol. The third kappa shape index (κ3) is 4.35. The number of carboxylic acids is 1. The molecule has 2 rings (SSSR count). The zero-order chi connectivity index (χ0) is 17.9. The Bertz CT molecular complexity index is 738. The van der Waals surface area contributed by atoms with Crippen molar-refractivity contribution in [3.05, 3.63) is 52.3 Å². The van der Waals surface area contributed by atoms with Crippen molar-refractivity contribution >= 4 is 23.5 Å². The van der Waals surface area contributed by atoms with Gasteiger partial charge in [-0.3, -0.25) is 14.3 Å². The summed E-state index contributed by atoms with van der Waals surface area (Å²) in [6, 6.07) is 7.82. The molecule has 7 heteroatoms. The van der Waals surface area contributed by atoms with Gasteiger partial charge in [-0.2, -0.15) is 5.10 Å². The van der Waals surface area contributed by atoms with Crippen molar-refractivity contribution in [2.45, 2.75) is 32.2 Å². The van der Waals surface area contributed by atoms with E-state index in [0.717, 1.165) is 5.69 Å². The highest BCUT2D eigenvalue weighted by atomic mass is 35.5. The predicted octanol–water partition coefficient (Wildman–Crippen LogP) is 3.14. The molecule has 0 aliphatic carbocycles. The number of rotatable bonds is 6. The minimum atomic E-state index is -0.997. The smallest absolute Gasteiger partial charge is 0.305 e. The van der Waals surface area contributed by atoms with E-state index in [9.17, 15) is 9.59 Å². The number of aliphatic carboxylic acids is 1. The fourth-order valence-corrected chi connectivity index (χ4v) is 2.46. The zero-order valence-electron chi connectivity index (χ0n) is 13.8. The van der Waals surface area contributed by atoms with Crippen LogP contribution in [0.2, 0.25) is 5.02 Å². The topological polar surface area (TPSA) is 84.2 Å². The van der Waals surface area contributed by atoms with Crippen LogP contribution in [0.1, 0.15) is 54.0 Å². The molecule has 0 unspecified atom stereocenters. The minimum Gasteiger partial charge on any atom is -0.481 e. The first-order valence-electron chi connectivity index (χ1n) is 7.60. The standard InChI is InChI=1S/C17H20ClN3O3/c1-10(2)13-8-15(21(3)20-13)17(24)19-14(9-16(22)23)11-4-6-12(18)7-5-11/h4-8,10,14H,9H2,1-3H3,(H,19,24)(H,22,23)/t14-/m0/s1. The number of nitrogens with zero attached hydrogens (tertiary/aromatic N) is 2. The zero-order valence-corrected chi connectivity index (χ0v) is 14.5. The van der Waals surface area contributed by atoms with Gasteiger partial charge in [0.05, 0.1) is 18.2 Å². The summed E-state index contributed by atoms with van der Waals surface area (Å²) in [5, 5.41) is 16.7. The van der Waals surface area contributed by atoms with Gasteiger partial charge in [-0.15, -0.1) is 0 Å². The Labute approximate surface area is 145 Å². The lowest BCUT2D eigenvalue weighted by atomic mass is 10.0. The third-order valence-electron chi connectivity index (χ3n) is 3.68. The van der Waals surface area contributed by atoms with E-state index >= 15 is 0 Å². The molecule has 0 spiro atoms. The van der Waals surface area contributed by atoms with Gasteiger partial charge < -0.3 is 10.4 Å².